The molecule has 0 unspecified atom stereocenters. The summed E-state index contributed by atoms with van der Waals surface area (Å²) in [7, 11) is 3.75. The number of ether oxygens (including phenoxy) is 1. The molecule has 0 spiro atoms. The molecule has 45 heavy (non-hydrogen) atoms. The highest BCUT2D eigenvalue weighted by atomic mass is 19.4. The molecule has 4 aromatic heterocycles. The first-order valence-electron chi connectivity index (χ1n) is 14.9. The first-order chi connectivity index (χ1) is 21.6. The van der Waals surface area contributed by atoms with Crippen LogP contribution in [0.1, 0.15) is 48.4 Å². The van der Waals surface area contributed by atoms with Crippen LogP contribution in [0.25, 0.3) is 33.8 Å². The van der Waals surface area contributed by atoms with E-state index in [-0.39, 0.29) is 35.5 Å². The molecule has 5 heterocycles. The van der Waals surface area contributed by atoms with Crippen molar-refractivity contribution in [3.05, 3.63) is 88.2 Å². The Morgan fingerprint density at radius 2 is 1.84 bits per heavy atom. The number of likely N-dealkylation sites (N-methyl/N-ethyl adjacent to an activating group) is 1. The Hall–Kier alpha value is -4.36. The highest BCUT2D eigenvalue weighted by Gasteiger charge is 2.35. The van der Waals surface area contributed by atoms with Gasteiger partial charge in [0.1, 0.15) is 18.0 Å². The number of pyridine rings is 2. The van der Waals surface area contributed by atoms with Gasteiger partial charge in [-0.3, -0.25) is 8.97 Å². The zero-order chi connectivity index (χ0) is 31.5. The molecule has 1 aliphatic carbocycles. The zero-order valence-electron chi connectivity index (χ0n) is 24.8. The summed E-state index contributed by atoms with van der Waals surface area (Å²) >= 11 is 0. The second-order valence-electron chi connectivity index (χ2n) is 12.0. The summed E-state index contributed by atoms with van der Waals surface area (Å²) in [6.45, 7) is 1.30. The van der Waals surface area contributed by atoms with Crippen LogP contribution in [0.15, 0.2) is 59.9 Å². The minimum atomic E-state index is -4.71. The van der Waals surface area contributed by atoms with E-state index >= 15 is 0 Å². The molecule has 1 atom stereocenters. The smallest absolute Gasteiger partial charge is 0.375 e. The molecule has 5 aromatic rings. The molecule has 1 saturated carbocycles. The van der Waals surface area contributed by atoms with Crippen molar-refractivity contribution in [2.45, 2.75) is 50.4 Å². The maximum Gasteiger partial charge on any atom is 0.418 e. The first kappa shape index (κ1) is 29.4. The Morgan fingerprint density at radius 3 is 2.53 bits per heavy atom. The zero-order valence-corrected chi connectivity index (χ0v) is 24.8. The van der Waals surface area contributed by atoms with E-state index in [4.69, 9.17) is 9.72 Å². The quantitative estimate of drug-likeness (QED) is 0.210. The molecule has 0 radical (unpaired) electrons. The van der Waals surface area contributed by atoms with Crippen LogP contribution >= 0.6 is 0 Å². The molecule has 9 nitrogen and oxygen atoms in total. The van der Waals surface area contributed by atoms with E-state index in [1.54, 1.807) is 23.7 Å². The van der Waals surface area contributed by atoms with Crippen LogP contribution in [-0.2, 0) is 24.6 Å². The number of likely N-dealkylation sites (tertiary alicyclic amines) is 1. The van der Waals surface area contributed by atoms with Gasteiger partial charge in [-0.15, -0.1) is 10.2 Å². The molecule has 2 aliphatic rings. The number of fused-ring (bicyclic) bond motifs is 1. The van der Waals surface area contributed by atoms with Gasteiger partial charge in [-0.05, 0) is 86.3 Å². The van der Waals surface area contributed by atoms with E-state index in [9.17, 15) is 22.4 Å². The van der Waals surface area contributed by atoms with Gasteiger partial charge >= 0.3 is 11.9 Å². The molecular weight excluding hydrogens is 590 g/mol. The lowest BCUT2D eigenvalue weighted by atomic mass is 9.98. The van der Waals surface area contributed by atoms with E-state index < -0.39 is 23.2 Å². The number of rotatable bonds is 8. The third-order valence-corrected chi connectivity index (χ3v) is 8.70. The second kappa shape index (κ2) is 11.2. The molecule has 234 valence electrons. The molecule has 0 bridgehead atoms. The Labute approximate surface area is 255 Å². The average molecular weight is 622 g/mol. The lowest BCUT2D eigenvalue weighted by Crippen LogP contribution is -2.29. The van der Waals surface area contributed by atoms with Crippen LogP contribution in [0.3, 0.4) is 0 Å². The number of alkyl halides is 3. The summed E-state index contributed by atoms with van der Waals surface area (Å²) in [5.41, 5.74) is 0.785. The fourth-order valence-corrected chi connectivity index (χ4v) is 6.10. The van der Waals surface area contributed by atoms with E-state index in [1.807, 2.05) is 13.1 Å². The Bertz CT molecular complexity index is 1960. The van der Waals surface area contributed by atoms with Gasteiger partial charge in [-0.2, -0.15) is 13.2 Å². The van der Waals surface area contributed by atoms with Gasteiger partial charge in [0.25, 0.3) is 0 Å². The first-order valence-corrected chi connectivity index (χ1v) is 14.9. The van der Waals surface area contributed by atoms with Crippen LogP contribution < -0.4 is 5.69 Å². The number of imidazole rings is 1. The van der Waals surface area contributed by atoms with E-state index in [0.717, 1.165) is 47.3 Å². The summed E-state index contributed by atoms with van der Waals surface area (Å²) in [5.74, 6) is 0.305. The molecule has 7 rings (SSSR count). The molecule has 1 aliphatic heterocycles. The molecular formula is C32H31F4N7O2. The molecule has 0 amide bonds. The fraction of sp³-hybridized carbons (Fsp3) is 0.375. The Kier molecular flexibility index (Phi) is 7.32. The van der Waals surface area contributed by atoms with Gasteiger partial charge in [0.15, 0.2) is 5.82 Å². The number of aryl methyl sites for hydroxylation is 1. The molecule has 1 aromatic carbocycles. The number of nitrogens with zero attached hydrogens (tertiary/aromatic N) is 7. The minimum absolute atomic E-state index is 0.0596. The number of aromatic nitrogens is 6. The van der Waals surface area contributed by atoms with Crippen molar-refractivity contribution in [1.82, 2.24) is 33.6 Å². The monoisotopic (exact) mass is 621 g/mol. The number of hydrogen-bond acceptors (Lipinski definition) is 6. The van der Waals surface area contributed by atoms with E-state index in [0.29, 0.717) is 34.8 Å². The van der Waals surface area contributed by atoms with Crippen molar-refractivity contribution < 1.29 is 22.3 Å². The molecule has 0 N–H and O–H groups in total. The predicted octanol–water partition coefficient (Wildman–Crippen LogP) is 5.59. The van der Waals surface area contributed by atoms with Crippen LogP contribution in [0.2, 0.25) is 0 Å². The summed E-state index contributed by atoms with van der Waals surface area (Å²) in [4.78, 5) is 20.7. The van der Waals surface area contributed by atoms with Gasteiger partial charge in [0, 0.05) is 42.7 Å². The van der Waals surface area contributed by atoms with Crippen molar-refractivity contribution in [3.63, 3.8) is 0 Å². The molecule has 1 saturated heterocycles. The van der Waals surface area contributed by atoms with E-state index in [2.05, 4.69) is 15.1 Å². The van der Waals surface area contributed by atoms with Crippen molar-refractivity contribution in [2.75, 3.05) is 20.2 Å². The molecule has 13 heteroatoms. The van der Waals surface area contributed by atoms with Crippen molar-refractivity contribution >= 4 is 5.52 Å². The number of halogens is 4. The number of hydrogen-bond donors (Lipinski definition) is 0. The topological polar surface area (TPSA) is 82.5 Å². The largest absolute Gasteiger partial charge is 0.418 e. The lowest BCUT2D eigenvalue weighted by Gasteiger charge is -2.19. The summed E-state index contributed by atoms with van der Waals surface area (Å²) in [6, 6.07) is 9.08. The minimum Gasteiger partial charge on any atom is -0.375 e. The third-order valence-electron chi connectivity index (χ3n) is 8.70. The Morgan fingerprint density at radius 1 is 1.02 bits per heavy atom. The summed E-state index contributed by atoms with van der Waals surface area (Å²) in [6.07, 6.45) is 3.21. The average Bonchev–Trinajstić information content (AvgIpc) is 3.52. The maximum absolute atomic E-state index is 14.4. The third kappa shape index (κ3) is 5.66. The van der Waals surface area contributed by atoms with Crippen molar-refractivity contribution in [1.29, 1.82) is 0 Å². The highest BCUT2D eigenvalue weighted by molar-refractivity contribution is 5.81. The van der Waals surface area contributed by atoms with E-state index in [1.165, 1.54) is 30.9 Å². The van der Waals surface area contributed by atoms with Crippen LogP contribution in [0.5, 0.6) is 0 Å². The SMILES string of the molecule is CN1CCC[C@H]1COCc1cc(C(F)(F)F)c2cn(-c3cc(-c4ccc(F)cc4-c4nncn4C)cc(C4CC4)n3)c(=O)n2c1. The van der Waals surface area contributed by atoms with Gasteiger partial charge in [0.05, 0.1) is 24.3 Å². The highest BCUT2D eigenvalue weighted by Crippen LogP contribution is 2.42. The van der Waals surface area contributed by atoms with Crippen LogP contribution in [-0.4, -0.2) is 59.9 Å². The number of benzene rings is 1. The van der Waals surface area contributed by atoms with Gasteiger partial charge < -0.3 is 14.2 Å². The van der Waals surface area contributed by atoms with Crippen molar-refractivity contribution in [3.8, 4) is 28.3 Å². The van der Waals surface area contributed by atoms with Gasteiger partial charge in [-0.25, -0.2) is 14.2 Å². The standard InChI is InChI=1S/C32H31F4N7O2/c1-40-9-3-4-23(40)17-45-16-19-10-26(32(34,35)36)28-15-43(31(44)42(28)14-19)29-12-21(11-27(38-29)20-5-6-20)24-8-7-22(33)13-25(24)30-39-37-18-41(30)2/h7-8,10-15,18,20,23H,3-6,9,16-17H2,1-2H3/t23-/m0/s1. The predicted molar refractivity (Wildman–Crippen MR) is 158 cm³/mol. The second-order valence-corrected chi connectivity index (χ2v) is 12.0. The summed E-state index contributed by atoms with van der Waals surface area (Å²) < 4.78 is 67.1. The van der Waals surface area contributed by atoms with Gasteiger partial charge in [-0.1, -0.05) is 6.07 Å². The fourth-order valence-electron chi connectivity index (χ4n) is 6.10. The lowest BCUT2D eigenvalue weighted by molar-refractivity contribution is -0.136. The normalized spacial score (nSPS) is 17.5. The molecule has 2 fully saturated rings. The maximum atomic E-state index is 14.4. The summed E-state index contributed by atoms with van der Waals surface area (Å²) in [5, 5.41) is 8.07. The van der Waals surface area contributed by atoms with Crippen molar-refractivity contribution in [2.24, 2.45) is 7.05 Å². The van der Waals surface area contributed by atoms with Crippen LogP contribution in [0, 0.1) is 5.82 Å². The van der Waals surface area contributed by atoms with Crippen LogP contribution in [0.4, 0.5) is 17.6 Å². The van der Waals surface area contributed by atoms with Gasteiger partial charge in [0.2, 0.25) is 0 Å². The Balaban J connectivity index is 1.33.